The highest BCUT2D eigenvalue weighted by molar-refractivity contribution is 5.92. The summed E-state index contributed by atoms with van der Waals surface area (Å²) >= 11 is 0. The molecule has 2 aliphatic heterocycles. The zero-order chi connectivity index (χ0) is 15.5. The van der Waals surface area contributed by atoms with E-state index < -0.39 is 0 Å². The fourth-order valence-corrected chi connectivity index (χ4v) is 4.06. The summed E-state index contributed by atoms with van der Waals surface area (Å²) in [4.78, 5) is 16.7. The highest BCUT2D eigenvalue weighted by Gasteiger charge is 2.40. The molecule has 22 heavy (non-hydrogen) atoms. The standard InChI is InChI=1S/C16H21N5O/c17-16(22)12-3-1-2-11(8-12)13-9-14-4-5-15(10-13)21(14)7-6-19-20-18/h1-3,8,13-15H,4-7,9-10H2,(H2,17,22). The van der Waals surface area contributed by atoms with Gasteiger partial charge in [0.1, 0.15) is 0 Å². The predicted octanol–water partition coefficient (Wildman–Crippen LogP) is 2.81. The molecule has 3 rings (SSSR count). The normalized spacial score (nSPS) is 27.4. The molecule has 0 radical (unpaired) electrons. The number of primary amides is 1. The van der Waals surface area contributed by atoms with Crippen LogP contribution < -0.4 is 5.73 Å². The van der Waals surface area contributed by atoms with E-state index in [1.807, 2.05) is 12.1 Å². The first-order valence-corrected chi connectivity index (χ1v) is 7.85. The molecule has 1 aromatic carbocycles. The van der Waals surface area contributed by atoms with Crippen molar-refractivity contribution in [1.82, 2.24) is 4.90 Å². The van der Waals surface area contributed by atoms with E-state index in [0.29, 0.717) is 30.1 Å². The van der Waals surface area contributed by atoms with Gasteiger partial charge in [-0.3, -0.25) is 9.69 Å². The Hall–Kier alpha value is -2.04. The van der Waals surface area contributed by atoms with E-state index >= 15 is 0 Å². The van der Waals surface area contributed by atoms with Crippen molar-refractivity contribution < 1.29 is 4.79 Å². The third-order valence-electron chi connectivity index (χ3n) is 5.05. The molecule has 2 saturated heterocycles. The smallest absolute Gasteiger partial charge is 0.248 e. The molecule has 0 aliphatic carbocycles. The number of rotatable bonds is 5. The summed E-state index contributed by atoms with van der Waals surface area (Å²) in [7, 11) is 0. The third-order valence-corrected chi connectivity index (χ3v) is 5.05. The number of carbonyl (C=O) groups excluding carboxylic acids is 1. The van der Waals surface area contributed by atoms with Gasteiger partial charge < -0.3 is 5.73 Å². The average molecular weight is 299 g/mol. The molecule has 0 spiro atoms. The van der Waals surface area contributed by atoms with E-state index in [4.69, 9.17) is 11.3 Å². The maximum Gasteiger partial charge on any atom is 0.248 e. The van der Waals surface area contributed by atoms with Gasteiger partial charge in [-0.05, 0) is 54.8 Å². The van der Waals surface area contributed by atoms with Crippen LogP contribution in [0.2, 0.25) is 0 Å². The first kappa shape index (κ1) is 14.9. The van der Waals surface area contributed by atoms with Crippen LogP contribution in [-0.4, -0.2) is 36.0 Å². The Balaban J connectivity index is 1.71. The number of hydrogen-bond acceptors (Lipinski definition) is 3. The minimum absolute atomic E-state index is 0.364. The lowest BCUT2D eigenvalue weighted by Gasteiger charge is -2.39. The van der Waals surface area contributed by atoms with Crippen molar-refractivity contribution in [2.24, 2.45) is 10.8 Å². The first-order chi connectivity index (χ1) is 10.7. The number of amides is 1. The van der Waals surface area contributed by atoms with Crippen molar-refractivity contribution in [1.29, 1.82) is 0 Å². The Morgan fingerprint density at radius 1 is 1.36 bits per heavy atom. The molecule has 0 aromatic heterocycles. The van der Waals surface area contributed by atoms with Crippen LogP contribution in [0.15, 0.2) is 29.4 Å². The molecule has 1 aromatic rings. The number of piperidine rings is 1. The third kappa shape index (κ3) is 2.93. The maximum atomic E-state index is 11.3. The molecule has 2 atom stereocenters. The minimum Gasteiger partial charge on any atom is -0.366 e. The van der Waals surface area contributed by atoms with Crippen molar-refractivity contribution in [3.63, 3.8) is 0 Å². The Morgan fingerprint density at radius 2 is 2.09 bits per heavy atom. The Labute approximate surface area is 129 Å². The summed E-state index contributed by atoms with van der Waals surface area (Å²) in [5.41, 5.74) is 15.6. The maximum absolute atomic E-state index is 11.3. The molecule has 2 N–H and O–H groups in total. The van der Waals surface area contributed by atoms with Gasteiger partial charge in [0.15, 0.2) is 0 Å². The summed E-state index contributed by atoms with van der Waals surface area (Å²) in [5, 5.41) is 3.66. The molecule has 2 aliphatic rings. The molecule has 0 saturated carbocycles. The molecule has 2 unspecified atom stereocenters. The van der Waals surface area contributed by atoms with Crippen LogP contribution in [0.1, 0.15) is 47.5 Å². The van der Waals surface area contributed by atoms with Crippen LogP contribution in [0.4, 0.5) is 0 Å². The second kappa shape index (κ2) is 6.38. The van der Waals surface area contributed by atoms with Gasteiger partial charge in [-0.25, -0.2) is 0 Å². The lowest BCUT2D eigenvalue weighted by Crippen LogP contribution is -2.43. The van der Waals surface area contributed by atoms with Crippen LogP contribution in [0.3, 0.4) is 0 Å². The summed E-state index contributed by atoms with van der Waals surface area (Å²) in [6.45, 7) is 1.40. The number of carbonyl (C=O) groups is 1. The van der Waals surface area contributed by atoms with E-state index in [1.165, 1.54) is 18.4 Å². The van der Waals surface area contributed by atoms with E-state index in [2.05, 4.69) is 21.0 Å². The first-order valence-electron chi connectivity index (χ1n) is 7.85. The minimum atomic E-state index is -0.364. The number of benzene rings is 1. The average Bonchev–Trinajstić information content (AvgIpc) is 2.77. The number of nitrogens with two attached hydrogens (primary N) is 1. The molecule has 6 heteroatoms. The van der Waals surface area contributed by atoms with E-state index in [-0.39, 0.29) is 5.91 Å². The zero-order valence-electron chi connectivity index (χ0n) is 12.6. The fourth-order valence-electron chi connectivity index (χ4n) is 4.06. The highest BCUT2D eigenvalue weighted by Crippen LogP contribution is 2.42. The fraction of sp³-hybridized carbons (Fsp3) is 0.562. The molecule has 2 heterocycles. The second-order valence-electron chi connectivity index (χ2n) is 6.24. The Kier molecular flexibility index (Phi) is 4.32. The lowest BCUT2D eigenvalue weighted by molar-refractivity contribution is 0.1000. The van der Waals surface area contributed by atoms with Gasteiger partial charge in [-0.15, -0.1) is 0 Å². The van der Waals surface area contributed by atoms with Crippen molar-refractivity contribution in [3.05, 3.63) is 45.8 Å². The van der Waals surface area contributed by atoms with Gasteiger partial charge in [0.05, 0.1) is 0 Å². The molecular weight excluding hydrogens is 278 g/mol. The molecular formula is C16H21N5O. The lowest BCUT2D eigenvalue weighted by atomic mass is 9.84. The van der Waals surface area contributed by atoms with Crippen LogP contribution in [-0.2, 0) is 0 Å². The largest absolute Gasteiger partial charge is 0.366 e. The van der Waals surface area contributed by atoms with Crippen LogP contribution in [0, 0.1) is 0 Å². The van der Waals surface area contributed by atoms with Gasteiger partial charge in [0.2, 0.25) is 5.91 Å². The summed E-state index contributed by atoms with van der Waals surface area (Å²) in [6.07, 6.45) is 4.64. The van der Waals surface area contributed by atoms with E-state index in [1.54, 1.807) is 6.07 Å². The van der Waals surface area contributed by atoms with Crippen LogP contribution in [0.25, 0.3) is 10.4 Å². The number of azide groups is 1. The molecule has 116 valence electrons. The monoisotopic (exact) mass is 299 g/mol. The molecule has 2 bridgehead atoms. The number of nitrogens with zero attached hydrogens (tertiary/aromatic N) is 4. The quantitative estimate of drug-likeness (QED) is 0.514. The van der Waals surface area contributed by atoms with Crippen molar-refractivity contribution >= 4 is 5.91 Å². The summed E-state index contributed by atoms with van der Waals surface area (Å²) < 4.78 is 0. The molecule has 2 fully saturated rings. The predicted molar refractivity (Wildman–Crippen MR) is 84.5 cm³/mol. The Bertz CT molecular complexity index is 596. The number of hydrogen-bond donors (Lipinski definition) is 1. The zero-order valence-corrected chi connectivity index (χ0v) is 12.6. The van der Waals surface area contributed by atoms with E-state index in [9.17, 15) is 4.79 Å². The van der Waals surface area contributed by atoms with Crippen LogP contribution in [0.5, 0.6) is 0 Å². The topological polar surface area (TPSA) is 95.1 Å². The van der Waals surface area contributed by atoms with Gasteiger partial charge >= 0.3 is 0 Å². The van der Waals surface area contributed by atoms with Gasteiger partial charge in [-0.1, -0.05) is 17.2 Å². The van der Waals surface area contributed by atoms with Crippen molar-refractivity contribution in [2.75, 3.05) is 13.1 Å². The molecule has 1 amide bonds. The van der Waals surface area contributed by atoms with Crippen molar-refractivity contribution in [3.8, 4) is 0 Å². The Morgan fingerprint density at radius 3 is 2.73 bits per heavy atom. The van der Waals surface area contributed by atoms with Gasteiger partial charge in [0, 0.05) is 35.6 Å². The number of fused-ring (bicyclic) bond motifs is 2. The second-order valence-corrected chi connectivity index (χ2v) is 6.24. The van der Waals surface area contributed by atoms with Gasteiger partial charge in [-0.2, -0.15) is 0 Å². The summed E-state index contributed by atoms with van der Waals surface area (Å²) in [5.74, 6) is 0.129. The SMILES string of the molecule is [N-]=[N+]=NCCN1C2CCC1CC(c1cccc(C(N)=O)c1)C2. The highest BCUT2D eigenvalue weighted by atomic mass is 16.1. The molecule has 6 nitrogen and oxygen atoms in total. The van der Waals surface area contributed by atoms with Crippen LogP contribution >= 0.6 is 0 Å². The van der Waals surface area contributed by atoms with E-state index in [0.717, 1.165) is 19.4 Å². The summed E-state index contributed by atoms with van der Waals surface area (Å²) in [6, 6.07) is 8.87. The van der Waals surface area contributed by atoms with Gasteiger partial charge in [0.25, 0.3) is 0 Å². The van der Waals surface area contributed by atoms with Crippen molar-refractivity contribution in [2.45, 2.75) is 43.7 Å².